The molecule has 32 heavy (non-hydrogen) atoms. The van der Waals surface area contributed by atoms with Gasteiger partial charge >= 0.3 is 11.9 Å². The number of hydrogen-bond acceptors (Lipinski definition) is 4. The van der Waals surface area contributed by atoms with Gasteiger partial charge in [0.05, 0.1) is 11.6 Å². The van der Waals surface area contributed by atoms with E-state index < -0.39 is 11.9 Å². The highest BCUT2D eigenvalue weighted by Gasteiger charge is 2.10. The lowest BCUT2D eigenvalue weighted by Crippen LogP contribution is -1.98. The van der Waals surface area contributed by atoms with Crippen LogP contribution in [0.1, 0.15) is 22.5 Å². The van der Waals surface area contributed by atoms with Crippen molar-refractivity contribution in [3.63, 3.8) is 0 Å². The Balaban J connectivity index is 0.000000312. The number of carbonyl (C=O) groups is 2. The van der Waals surface area contributed by atoms with Crippen molar-refractivity contribution in [2.45, 2.75) is 13.0 Å². The Morgan fingerprint density at radius 3 is 2.50 bits per heavy atom. The van der Waals surface area contributed by atoms with Crippen molar-refractivity contribution in [1.29, 1.82) is 5.26 Å². The number of aromatic nitrogens is 3. The molecule has 0 saturated heterocycles. The predicted molar refractivity (Wildman–Crippen MR) is 118 cm³/mol. The first kappa shape index (κ1) is 22.1. The van der Waals surface area contributed by atoms with Gasteiger partial charge in [0.2, 0.25) is 0 Å². The van der Waals surface area contributed by atoms with Gasteiger partial charge in [-0.3, -0.25) is 0 Å². The van der Waals surface area contributed by atoms with Crippen molar-refractivity contribution >= 4 is 22.8 Å². The number of aliphatic carboxylic acids is 2. The number of fused-ring (bicyclic) bond motifs is 1. The van der Waals surface area contributed by atoms with E-state index in [0.717, 1.165) is 24.4 Å². The zero-order chi connectivity index (χ0) is 22.9. The molecule has 0 aliphatic heterocycles. The minimum atomic E-state index is -1.26. The Morgan fingerprint density at radius 2 is 1.84 bits per heavy atom. The molecule has 2 heterocycles. The van der Waals surface area contributed by atoms with Gasteiger partial charge in [0.15, 0.2) is 0 Å². The molecule has 0 radical (unpaired) electrons. The zero-order valence-corrected chi connectivity index (χ0v) is 17.0. The lowest BCUT2D eigenvalue weighted by molar-refractivity contribution is -0.134. The first-order chi connectivity index (χ1) is 15.5. The third kappa shape index (κ3) is 5.93. The van der Waals surface area contributed by atoms with E-state index in [0.29, 0.717) is 17.7 Å². The van der Waals surface area contributed by atoms with Crippen molar-refractivity contribution in [2.24, 2.45) is 0 Å². The Labute approximate surface area is 183 Å². The molecule has 3 N–H and O–H groups in total. The lowest BCUT2D eigenvalue weighted by Gasteiger charge is -2.05. The molecule has 0 spiro atoms. The molecule has 160 valence electrons. The highest BCUT2D eigenvalue weighted by Crippen LogP contribution is 2.24. The van der Waals surface area contributed by atoms with Crippen LogP contribution in [0.2, 0.25) is 0 Å². The number of nitriles is 1. The number of nitrogens with one attached hydrogen (secondary N) is 1. The van der Waals surface area contributed by atoms with Gasteiger partial charge in [0.25, 0.3) is 0 Å². The first-order valence-corrected chi connectivity index (χ1v) is 9.64. The van der Waals surface area contributed by atoms with E-state index in [2.05, 4.69) is 57.1 Å². The Bertz CT molecular complexity index is 1280. The van der Waals surface area contributed by atoms with E-state index in [-0.39, 0.29) is 0 Å². The van der Waals surface area contributed by atoms with Crippen molar-refractivity contribution < 1.29 is 19.8 Å². The maximum absolute atomic E-state index is 9.55. The summed E-state index contributed by atoms with van der Waals surface area (Å²) < 4.78 is 2.24. The molecule has 0 aliphatic rings. The van der Waals surface area contributed by atoms with E-state index in [4.69, 9.17) is 15.5 Å². The van der Waals surface area contributed by atoms with Crippen LogP contribution in [0.15, 0.2) is 79.3 Å². The Hall–Kier alpha value is -4.64. The molecule has 4 rings (SSSR count). The molecule has 4 aromatic rings. The molecule has 0 unspecified atom stereocenters. The summed E-state index contributed by atoms with van der Waals surface area (Å²) in [6.45, 7) is 0.744. The number of carboxylic acids is 2. The van der Waals surface area contributed by atoms with Gasteiger partial charge in [-0.1, -0.05) is 30.3 Å². The van der Waals surface area contributed by atoms with Gasteiger partial charge in [-0.15, -0.1) is 0 Å². The quantitative estimate of drug-likeness (QED) is 0.402. The Kier molecular flexibility index (Phi) is 7.17. The summed E-state index contributed by atoms with van der Waals surface area (Å²) in [5.74, 6) is -1.55. The highest BCUT2D eigenvalue weighted by molar-refractivity contribution is 5.89. The summed E-state index contributed by atoms with van der Waals surface area (Å²) in [6, 6.07) is 18.4. The molecule has 2 aromatic heterocycles. The smallest absolute Gasteiger partial charge is 0.328 e. The summed E-state index contributed by atoms with van der Waals surface area (Å²) in [5.41, 5.74) is 4.26. The van der Waals surface area contributed by atoms with Crippen molar-refractivity contribution in [3.05, 3.63) is 102 Å². The predicted octanol–water partition coefficient (Wildman–Crippen LogP) is 3.59. The maximum atomic E-state index is 9.55. The topological polar surface area (TPSA) is 132 Å². The van der Waals surface area contributed by atoms with Crippen LogP contribution in [-0.2, 0) is 22.6 Å². The minimum Gasteiger partial charge on any atom is -0.478 e. The molecule has 0 fully saturated rings. The van der Waals surface area contributed by atoms with Crippen LogP contribution in [0.25, 0.3) is 10.9 Å². The fraction of sp³-hybridized carbons (Fsp3) is 0.0833. The van der Waals surface area contributed by atoms with Crippen LogP contribution in [0.4, 0.5) is 0 Å². The van der Waals surface area contributed by atoms with Gasteiger partial charge in [-0.25, -0.2) is 14.6 Å². The second-order valence-electron chi connectivity index (χ2n) is 6.83. The highest BCUT2D eigenvalue weighted by atomic mass is 16.4. The van der Waals surface area contributed by atoms with Gasteiger partial charge in [0.1, 0.15) is 5.82 Å². The fourth-order valence-corrected chi connectivity index (χ4v) is 3.25. The van der Waals surface area contributed by atoms with Gasteiger partial charge < -0.3 is 19.8 Å². The molecule has 2 aromatic carbocycles. The summed E-state index contributed by atoms with van der Waals surface area (Å²) >= 11 is 0. The molecule has 8 nitrogen and oxygen atoms in total. The lowest BCUT2D eigenvalue weighted by atomic mass is 10.1. The molecule has 8 heteroatoms. The van der Waals surface area contributed by atoms with Gasteiger partial charge in [-0.2, -0.15) is 5.26 Å². The number of aromatic amines is 1. The molecule has 0 amide bonds. The van der Waals surface area contributed by atoms with Crippen LogP contribution >= 0.6 is 0 Å². The molecule has 0 saturated carbocycles. The molecular formula is C24H20N4O4. The van der Waals surface area contributed by atoms with Crippen LogP contribution in [0.3, 0.4) is 0 Å². The Morgan fingerprint density at radius 1 is 1.09 bits per heavy atom. The number of hydrogen-bond donors (Lipinski definition) is 3. The van der Waals surface area contributed by atoms with Crippen LogP contribution in [-0.4, -0.2) is 36.7 Å². The summed E-state index contributed by atoms with van der Waals surface area (Å²) in [4.78, 5) is 26.6. The van der Waals surface area contributed by atoms with E-state index in [9.17, 15) is 9.59 Å². The van der Waals surface area contributed by atoms with E-state index >= 15 is 0 Å². The van der Waals surface area contributed by atoms with Crippen LogP contribution < -0.4 is 0 Å². The minimum absolute atomic E-state index is 0.558. The van der Waals surface area contributed by atoms with E-state index in [1.807, 2.05) is 24.4 Å². The average molecular weight is 428 g/mol. The fourth-order valence-electron chi connectivity index (χ4n) is 3.25. The number of carboxylic acid groups (broad SMARTS) is 2. The summed E-state index contributed by atoms with van der Waals surface area (Å²) in [6.07, 6.45) is 7.71. The molecule has 0 aliphatic carbocycles. The molecule has 0 bridgehead atoms. The van der Waals surface area contributed by atoms with Gasteiger partial charge in [0, 0.05) is 54.6 Å². The normalized spacial score (nSPS) is 10.5. The van der Waals surface area contributed by atoms with Crippen molar-refractivity contribution in [3.8, 4) is 6.07 Å². The second kappa shape index (κ2) is 10.4. The zero-order valence-electron chi connectivity index (χ0n) is 17.0. The number of benzene rings is 2. The monoisotopic (exact) mass is 428 g/mol. The standard InChI is InChI=1S/C20H16N4.C4H4O4/c21-12-15-4-3-5-16(10-15)13-24-14-17(11-20-22-8-9-23-20)18-6-1-2-7-19(18)24;5-3(6)1-2-4(7)8/h1-10,14H,11,13H2,(H,22,23);1-2H,(H,5,6)(H,7,8)/b;2-1+. The largest absolute Gasteiger partial charge is 0.478 e. The van der Waals surface area contributed by atoms with Crippen molar-refractivity contribution in [2.75, 3.05) is 0 Å². The third-order valence-corrected chi connectivity index (χ3v) is 4.56. The van der Waals surface area contributed by atoms with Crippen molar-refractivity contribution in [1.82, 2.24) is 14.5 Å². The number of rotatable bonds is 6. The number of para-hydroxylation sites is 1. The third-order valence-electron chi connectivity index (χ3n) is 4.56. The average Bonchev–Trinajstić information content (AvgIpc) is 3.42. The van der Waals surface area contributed by atoms with Crippen LogP contribution in [0, 0.1) is 11.3 Å². The maximum Gasteiger partial charge on any atom is 0.328 e. The van der Waals surface area contributed by atoms with E-state index in [1.54, 1.807) is 6.20 Å². The number of H-pyrrole nitrogens is 1. The first-order valence-electron chi connectivity index (χ1n) is 9.64. The van der Waals surface area contributed by atoms with E-state index in [1.165, 1.54) is 16.5 Å². The summed E-state index contributed by atoms with van der Waals surface area (Å²) in [7, 11) is 0. The summed E-state index contributed by atoms with van der Waals surface area (Å²) in [5, 5.41) is 25.9. The molecular weight excluding hydrogens is 408 g/mol. The SMILES string of the molecule is N#Cc1cccc(Cn2cc(Cc3ncc[nH]3)c3ccccc32)c1.O=C(O)/C=C/C(=O)O. The second-order valence-corrected chi connectivity index (χ2v) is 6.83. The number of imidazole rings is 1. The molecule has 0 atom stereocenters. The number of nitrogens with zero attached hydrogens (tertiary/aromatic N) is 3. The van der Waals surface area contributed by atoms with Crippen LogP contribution in [0.5, 0.6) is 0 Å². The van der Waals surface area contributed by atoms with Gasteiger partial charge in [-0.05, 0) is 29.3 Å².